The second-order valence-corrected chi connectivity index (χ2v) is 7.49. The number of Topliss-reactive ketones (excluding diaryl/α,β-unsaturated/α-hetero) is 1. The molecule has 9 heteroatoms. The zero-order valence-corrected chi connectivity index (χ0v) is 19.5. The molecule has 0 aliphatic rings. The summed E-state index contributed by atoms with van der Waals surface area (Å²) in [5.74, 6) is -5.33. The Balaban J connectivity index is 2.38. The summed E-state index contributed by atoms with van der Waals surface area (Å²) < 4.78 is 48.8. The van der Waals surface area contributed by atoms with Gasteiger partial charge in [-0.3, -0.25) is 4.79 Å². The van der Waals surface area contributed by atoms with E-state index in [1.807, 2.05) is 0 Å². The van der Waals surface area contributed by atoms with Crippen LogP contribution in [0.3, 0.4) is 0 Å². The molecule has 2 rings (SSSR count). The van der Waals surface area contributed by atoms with E-state index in [2.05, 4.69) is 13.2 Å². The first-order valence-electron chi connectivity index (χ1n) is 10.6. The lowest BCUT2D eigenvalue weighted by molar-refractivity contribution is -0.219. The fraction of sp³-hybridized carbons (Fsp3) is 0.269. The third kappa shape index (κ3) is 7.66. The second kappa shape index (κ2) is 12.7. The van der Waals surface area contributed by atoms with Crippen molar-refractivity contribution in [3.8, 4) is 0 Å². The van der Waals surface area contributed by atoms with Gasteiger partial charge in [0.05, 0.1) is 13.2 Å². The van der Waals surface area contributed by atoms with E-state index in [1.54, 1.807) is 0 Å². The Morgan fingerprint density at radius 2 is 1.11 bits per heavy atom. The molecule has 7 nitrogen and oxygen atoms in total. The third-order valence-corrected chi connectivity index (χ3v) is 4.57. The number of carbonyl (C=O) groups is 3. The van der Waals surface area contributed by atoms with Gasteiger partial charge in [0.1, 0.15) is 24.8 Å². The van der Waals surface area contributed by atoms with Gasteiger partial charge in [0.25, 0.3) is 5.79 Å². The molecule has 0 aromatic heterocycles. The lowest BCUT2D eigenvalue weighted by Gasteiger charge is -2.33. The summed E-state index contributed by atoms with van der Waals surface area (Å²) in [6.45, 7) is 8.81. The first kappa shape index (κ1) is 27.6. The molecule has 0 heterocycles. The van der Waals surface area contributed by atoms with Gasteiger partial charge in [-0.05, 0) is 50.2 Å². The summed E-state index contributed by atoms with van der Waals surface area (Å²) in [6, 6.07) is 9.45. The average Bonchev–Trinajstić information content (AvgIpc) is 2.83. The molecule has 0 spiro atoms. The zero-order chi connectivity index (χ0) is 26.0. The summed E-state index contributed by atoms with van der Waals surface area (Å²) in [7, 11) is 0. The van der Waals surface area contributed by atoms with Crippen molar-refractivity contribution in [2.75, 3.05) is 26.4 Å². The van der Waals surface area contributed by atoms with Gasteiger partial charge in [-0.1, -0.05) is 25.3 Å². The molecule has 0 aliphatic carbocycles. The molecule has 0 saturated carbocycles. The molecule has 0 aliphatic heterocycles. The van der Waals surface area contributed by atoms with Crippen LogP contribution in [0.5, 0.6) is 0 Å². The lowest BCUT2D eigenvalue weighted by Crippen LogP contribution is -2.43. The molecular formula is C26H26F2O7. The summed E-state index contributed by atoms with van der Waals surface area (Å²) in [5.41, 5.74) is 0.500. The summed E-state index contributed by atoms with van der Waals surface area (Å²) in [6.07, 6.45) is 0. The monoisotopic (exact) mass is 488 g/mol. The third-order valence-electron chi connectivity index (χ3n) is 4.57. The number of esters is 2. The Labute approximate surface area is 201 Å². The quantitative estimate of drug-likeness (QED) is 0.137. The largest absolute Gasteiger partial charge is 0.460 e. The number of rotatable bonds is 13. The molecule has 0 bridgehead atoms. The number of ether oxygens (including phenoxy) is 4. The number of hydrogen-bond acceptors (Lipinski definition) is 7. The zero-order valence-electron chi connectivity index (χ0n) is 19.5. The smallest absolute Gasteiger partial charge is 0.333 e. The first-order valence-corrected chi connectivity index (χ1v) is 10.6. The van der Waals surface area contributed by atoms with E-state index in [4.69, 9.17) is 18.9 Å². The molecule has 0 N–H and O–H groups in total. The topological polar surface area (TPSA) is 88.1 Å². The standard InChI is InChI=1S/C26H26F2O7/c1-17(2)24(30)32-13-15-34-26(20-7-11-22(28)12-8-20,35-16-14-33-25(31)18(3)4)23(29)19-5-9-21(27)10-6-19/h5-12H,1,3,13-16H2,2,4H3. The molecule has 0 radical (unpaired) electrons. The minimum atomic E-state index is -2.16. The molecule has 2 aromatic carbocycles. The van der Waals surface area contributed by atoms with Crippen LogP contribution in [0.15, 0.2) is 72.8 Å². The Morgan fingerprint density at radius 1 is 0.714 bits per heavy atom. The Kier molecular flexibility index (Phi) is 9.98. The van der Waals surface area contributed by atoms with Crippen LogP contribution < -0.4 is 0 Å². The highest BCUT2D eigenvalue weighted by Gasteiger charge is 2.44. The minimum Gasteiger partial charge on any atom is -0.460 e. The second-order valence-electron chi connectivity index (χ2n) is 7.49. The average molecular weight is 488 g/mol. The van der Waals surface area contributed by atoms with Crippen LogP contribution in [-0.4, -0.2) is 44.1 Å². The van der Waals surface area contributed by atoms with Crippen molar-refractivity contribution >= 4 is 17.7 Å². The number of ketones is 1. The fourth-order valence-electron chi connectivity index (χ4n) is 2.82. The van der Waals surface area contributed by atoms with Gasteiger partial charge >= 0.3 is 11.9 Å². The van der Waals surface area contributed by atoms with E-state index < -0.39 is 35.1 Å². The molecule has 0 amide bonds. The maximum atomic E-state index is 13.6. The summed E-state index contributed by atoms with van der Waals surface area (Å²) in [5, 5.41) is 0. The van der Waals surface area contributed by atoms with Crippen molar-refractivity contribution in [2.24, 2.45) is 0 Å². The molecule has 2 aromatic rings. The van der Waals surface area contributed by atoms with E-state index in [-0.39, 0.29) is 48.7 Å². The van der Waals surface area contributed by atoms with Gasteiger partial charge in [0.2, 0.25) is 5.78 Å². The number of carbonyl (C=O) groups excluding carboxylic acids is 3. The predicted molar refractivity (Wildman–Crippen MR) is 122 cm³/mol. The summed E-state index contributed by atoms with van der Waals surface area (Å²) >= 11 is 0. The van der Waals surface area contributed by atoms with Gasteiger partial charge in [0.15, 0.2) is 0 Å². The summed E-state index contributed by atoms with van der Waals surface area (Å²) in [4.78, 5) is 37.0. The predicted octanol–water partition coefficient (Wildman–Crippen LogP) is 4.27. The minimum absolute atomic E-state index is 0.0357. The Bertz CT molecular complexity index is 1040. The van der Waals surface area contributed by atoms with Crippen LogP contribution in [0.25, 0.3) is 0 Å². The van der Waals surface area contributed by atoms with E-state index in [1.165, 1.54) is 38.1 Å². The Morgan fingerprint density at radius 3 is 1.51 bits per heavy atom. The highest BCUT2D eigenvalue weighted by atomic mass is 19.1. The maximum Gasteiger partial charge on any atom is 0.333 e. The van der Waals surface area contributed by atoms with Crippen molar-refractivity contribution in [1.29, 1.82) is 0 Å². The van der Waals surface area contributed by atoms with Crippen LogP contribution in [0.4, 0.5) is 8.78 Å². The Hall–Kier alpha value is -3.69. The normalized spacial score (nSPS) is 11.0. The van der Waals surface area contributed by atoms with Crippen molar-refractivity contribution < 1.29 is 42.1 Å². The van der Waals surface area contributed by atoms with Crippen LogP contribution in [0.2, 0.25) is 0 Å². The molecule has 0 unspecified atom stereocenters. The van der Waals surface area contributed by atoms with Gasteiger partial charge in [-0.2, -0.15) is 0 Å². The number of hydrogen-bond donors (Lipinski definition) is 0. The first-order chi connectivity index (χ1) is 16.6. The van der Waals surface area contributed by atoms with Gasteiger partial charge < -0.3 is 18.9 Å². The lowest BCUT2D eigenvalue weighted by atomic mass is 9.95. The van der Waals surface area contributed by atoms with Gasteiger partial charge in [-0.25, -0.2) is 18.4 Å². The molecule has 35 heavy (non-hydrogen) atoms. The van der Waals surface area contributed by atoms with Crippen molar-refractivity contribution in [2.45, 2.75) is 19.6 Å². The number of benzene rings is 2. The van der Waals surface area contributed by atoms with E-state index in [0.717, 1.165) is 24.3 Å². The van der Waals surface area contributed by atoms with Crippen molar-refractivity contribution in [3.05, 3.63) is 95.6 Å². The van der Waals surface area contributed by atoms with Crippen LogP contribution in [0, 0.1) is 11.6 Å². The molecule has 0 fully saturated rings. The molecular weight excluding hydrogens is 462 g/mol. The molecule has 186 valence electrons. The van der Waals surface area contributed by atoms with Crippen LogP contribution in [0.1, 0.15) is 29.8 Å². The molecule has 0 atom stereocenters. The van der Waals surface area contributed by atoms with Crippen molar-refractivity contribution in [1.82, 2.24) is 0 Å². The SMILES string of the molecule is C=C(C)C(=O)OCCOC(OCCOC(=O)C(=C)C)(C(=O)c1ccc(F)cc1)c1ccc(F)cc1. The van der Waals surface area contributed by atoms with Crippen LogP contribution in [-0.2, 0) is 34.3 Å². The number of halogens is 2. The van der Waals surface area contributed by atoms with E-state index in [9.17, 15) is 23.2 Å². The highest BCUT2D eigenvalue weighted by molar-refractivity contribution is 6.02. The van der Waals surface area contributed by atoms with E-state index in [0.29, 0.717) is 0 Å². The maximum absolute atomic E-state index is 13.6. The van der Waals surface area contributed by atoms with Crippen molar-refractivity contribution in [3.63, 3.8) is 0 Å². The highest BCUT2D eigenvalue weighted by Crippen LogP contribution is 2.32. The van der Waals surface area contributed by atoms with Gasteiger partial charge in [-0.15, -0.1) is 0 Å². The van der Waals surface area contributed by atoms with Crippen LogP contribution >= 0.6 is 0 Å². The fourth-order valence-corrected chi connectivity index (χ4v) is 2.82. The molecule has 0 saturated heterocycles. The van der Waals surface area contributed by atoms with Gasteiger partial charge in [0, 0.05) is 22.3 Å². The van der Waals surface area contributed by atoms with E-state index >= 15 is 0 Å².